The molecule has 0 aliphatic heterocycles. The van der Waals surface area contributed by atoms with Crippen LogP contribution in [0.3, 0.4) is 0 Å². The molecule has 0 aromatic heterocycles. The molecular formula is C11H13ClOS. The lowest BCUT2D eigenvalue weighted by Gasteiger charge is -2.20. The van der Waals surface area contributed by atoms with E-state index in [1.165, 1.54) is 0 Å². The standard InChI is InChI=1S/C11H13ClOS/c1-11(2,7-8-13)14-10-5-3-9(12)4-6-10/h3-6,8H,7H2,1-2H3. The van der Waals surface area contributed by atoms with Crippen molar-refractivity contribution >= 4 is 29.6 Å². The quantitative estimate of drug-likeness (QED) is 0.576. The highest BCUT2D eigenvalue weighted by Crippen LogP contribution is 2.34. The maximum Gasteiger partial charge on any atom is 0.121 e. The van der Waals surface area contributed by atoms with Gasteiger partial charge in [-0.05, 0) is 38.1 Å². The van der Waals surface area contributed by atoms with Crippen LogP contribution in [0, 0.1) is 0 Å². The lowest BCUT2D eigenvalue weighted by molar-refractivity contribution is -0.108. The minimum absolute atomic E-state index is 0.0461. The molecule has 1 nitrogen and oxygen atoms in total. The molecule has 3 heteroatoms. The zero-order chi connectivity index (χ0) is 10.6. The van der Waals surface area contributed by atoms with E-state index in [0.29, 0.717) is 6.42 Å². The molecule has 0 amide bonds. The number of rotatable bonds is 4. The van der Waals surface area contributed by atoms with E-state index >= 15 is 0 Å². The Morgan fingerprint density at radius 3 is 2.43 bits per heavy atom. The van der Waals surface area contributed by atoms with E-state index in [0.717, 1.165) is 16.2 Å². The van der Waals surface area contributed by atoms with Crippen LogP contribution in [0.2, 0.25) is 5.02 Å². The Kier molecular flexibility index (Phi) is 4.02. The van der Waals surface area contributed by atoms with E-state index in [4.69, 9.17) is 11.6 Å². The molecule has 0 fully saturated rings. The second-order valence-electron chi connectivity index (χ2n) is 3.69. The Hall–Kier alpha value is -0.470. The Morgan fingerprint density at radius 2 is 1.93 bits per heavy atom. The fraction of sp³-hybridized carbons (Fsp3) is 0.364. The van der Waals surface area contributed by atoms with Gasteiger partial charge in [-0.2, -0.15) is 0 Å². The molecule has 0 atom stereocenters. The summed E-state index contributed by atoms with van der Waals surface area (Å²) in [6.07, 6.45) is 1.52. The molecule has 1 aromatic carbocycles. The highest BCUT2D eigenvalue weighted by Gasteiger charge is 2.18. The number of halogens is 1. The van der Waals surface area contributed by atoms with Gasteiger partial charge in [0.05, 0.1) is 0 Å². The van der Waals surface area contributed by atoms with Gasteiger partial charge < -0.3 is 4.79 Å². The number of thioether (sulfide) groups is 1. The fourth-order valence-electron chi connectivity index (χ4n) is 1.06. The van der Waals surface area contributed by atoms with Gasteiger partial charge in [0.15, 0.2) is 0 Å². The first-order chi connectivity index (χ1) is 6.53. The second kappa shape index (κ2) is 4.85. The molecule has 1 rings (SSSR count). The molecule has 0 saturated carbocycles. The van der Waals surface area contributed by atoms with E-state index in [1.807, 2.05) is 24.3 Å². The van der Waals surface area contributed by atoms with Crippen molar-refractivity contribution in [1.29, 1.82) is 0 Å². The maximum absolute atomic E-state index is 10.4. The predicted molar refractivity (Wildman–Crippen MR) is 62.1 cm³/mol. The first-order valence-electron chi connectivity index (χ1n) is 4.42. The smallest absolute Gasteiger partial charge is 0.121 e. The van der Waals surface area contributed by atoms with E-state index in [2.05, 4.69) is 13.8 Å². The molecule has 0 saturated heterocycles. The van der Waals surface area contributed by atoms with Crippen LogP contribution in [-0.4, -0.2) is 11.0 Å². The molecule has 0 heterocycles. The molecule has 14 heavy (non-hydrogen) atoms. The van der Waals surface area contributed by atoms with Crippen molar-refractivity contribution in [3.63, 3.8) is 0 Å². The van der Waals surface area contributed by atoms with E-state index in [9.17, 15) is 4.79 Å². The first-order valence-corrected chi connectivity index (χ1v) is 5.61. The average molecular weight is 229 g/mol. The number of aldehydes is 1. The lowest BCUT2D eigenvalue weighted by atomic mass is 10.1. The van der Waals surface area contributed by atoms with Crippen molar-refractivity contribution in [1.82, 2.24) is 0 Å². The highest BCUT2D eigenvalue weighted by atomic mass is 35.5. The van der Waals surface area contributed by atoms with Crippen LogP contribution in [0.4, 0.5) is 0 Å². The third kappa shape index (κ3) is 3.72. The Morgan fingerprint density at radius 1 is 1.36 bits per heavy atom. The number of benzene rings is 1. The van der Waals surface area contributed by atoms with Crippen LogP contribution in [0.1, 0.15) is 20.3 Å². The van der Waals surface area contributed by atoms with Gasteiger partial charge in [0, 0.05) is 21.1 Å². The van der Waals surface area contributed by atoms with E-state index < -0.39 is 0 Å². The second-order valence-corrected chi connectivity index (χ2v) is 5.90. The highest BCUT2D eigenvalue weighted by molar-refractivity contribution is 8.00. The SMILES string of the molecule is CC(C)(CC=O)Sc1ccc(Cl)cc1. The molecule has 0 N–H and O–H groups in total. The molecule has 0 spiro atoms. The van der Waals surface area contributed by atoms with Crippen LogP contribution in [-0.2, 0) is 4.79 Å². The van der Waals surface area contributed by atoms with Gasteiger partial charge in [-0.25, -0.2) is 0 Å². The summed E-state index contributed by atoms with van der Waals surface area (Å²) in [6.45, 7) is 4.11. The third-order valence-corrected chi connectivity index (χ3v) is 3.26. The molecule has 0 unspecified atom stereocenters. The average Bonchev–Trinajstić information content (AvgIpc) is 2.08. The van der Waals surface area contributed by atoms with Gasteiger partial charge in [-0.1, -0.05) is 11.6 Å². The van der Waals surface area contributed by atoms with Gasteiger partial charge in [0.25, 0.3) is 0 Å². The van der Waals surface area contributed by atoms with Crippen molar-refractivity contribution in [3.05, 3.63) is 29.3 Å². The number of carbonyl (C=O) groups excluding carboxylic acids is 1. The summed E-state index contributed by atoms with van der Waals surface area (Å²) < 4.78 is -0.0461. The number of hydrogen-bond acceptors (Lipinski definition) is 2. The van der Waals surface area contributed by atoms with Crippen molar-refractivity contribution in [2.24, 2.45) is 0 Å². The summed E-state index contributed by atoms with van der Waals surface area (Å²) in [7, 11) is 0. The van der Waals surface area contributed by atoms with Crippen LogP contribution < -0.4 is 0 Å². The monoisotopic (exact) mass is 228 g/mol. The summed E-state index contributed by atoms with van der Waals surface area (Å²) >= 11 is 7.47. The van der Waals surface area contributed by atoms with Crippen LogP contribution in [0.25, 0.3) is 0 Å². The van der Waals surface area contributed by atoms with E-state index in [-0.39, 0.29) is 4.75 Å². The largest absolute Gasteiger partial charge is 0.303 e. The van der Waals surface area contributed by atoms with Crippen molar-refractivity contribution in [2.45, 2.75) is 29.9 Å². The summed E-state index contributed by atoms with van der Waals surface area (Å²) in [5.41, 5.74) is 0. The Bertz CT molecular complexity index is 306. The van der Waals surface area contributed by atoms with Gasteiger partial charge in [0.2, 0.25) is 0 Å². The zero-order valence-corrected chi connectivity index (χ0v) is 9.86. The molecule has 0 bridgehead atoms. The maximum atomic E-state index is 10.4. The number of carbonyl (C=O) groups is 1. The molecular weight excluding hydrogens is 216 g/mol. The minimum Gasteiger partial charge on any atom is -0.303 e. The van der Waals surface area contributed by atoms with Crippen molar-refractivity contribution in [2.75, 3.05) is 0 Å². The molecule has 76 valence electrons. The predicted octanol–water partition coefficient (Wildman–Crippen LogP) is 3.80. The van der Waals surface area contributed by atoms with Crippen LogP contribution >= 0.6 is 23.4 Å². The van der Waals surface area contributed by atoms with Crippen molar-refractivity contribution in [3.8, 4) is 0 Å². The first kappa shape index (κ1) is 11.6. The van der Waals surface area contributed by atoms with Crippen molar-refractivity contribution < 1.29 is 4.79 Å². The Labute approximate surface area is 93.8 Å². The topological polar surface area (TPSA) is 17.1 Å². The summed E-state index contributed by atoms with van der Waals surface area (Å²) in [6, 6.07) is 7.67. The lowest BCUT2D eigenvalue weighted by Crippen LogP contribution is -2.14. The van der Waals surface area contributed by atoms with Crippen LogP contribution in [0.15, 0.2) is 29.2 Å². The zero-order valence-electron chi connectivity index (χ0n) is 8.29. The summed E-state index contributed by atoms with van der Waals surface area (Å²) in [5.74, 6) is 0. The summed E-state index contributed by atoms with van der Waals surface area (Å²) in [4.78, 5) is 11.6. The molecule has 1 aromatic rings. The minimum atomic E-state index is -0.0461. The fourth-order valence-corrected chi connectivity index (χ4v) is 2.25. The van der Waals surface area contributed by atoms with Gasteiger partial charge >= 0.3 is 0 Å². The Balaban J connectivity index is 2.68. The number of hydrogen-bond donors (Lipinski definition) is 0. The van der Waals surface area contributed by atoms with E-state index in [1.54, 1.807) is 11.8 Å². The molecule has 0 aliphatic rings. The van der Waals surface area contributed by atoms with Gasteiger partial charge in [0.1, 0.15) is 6.29 Å². The molecule has 0 aliphatic carbocycles. The van der Waals surface area contributed by atoms with Crippen LogP contribution in [0.5, 0.6) is 0 Å². The molecule has 0 radical (unpaired) electrons. The third-order valence-electron chi connectivity index (χ3n) is 1.78. The van der Waals surface area contributed by atoms with Gasteiger partial charge in [-0.3, -0.25) is 0 Å². The normalized spacial score (nSPS) is 11.4. The summed E-state index contributed by atoms with van der Waals surface area (Å²) in [5, 5.41) is 0.738. The van der Waals surface area contributed by atoms with Gasteiger partial charge in [-0.15, -0.1) is 11.8 Å².